The van der Waals surface area contributed by atoms with Crippen LogP contribution in [0.25, 0.3) is 0 Å². The number of methoxy groups -OCH3 is 1. The Morgan fingerprint density at radius 1 is 1.36 bits per heavy atom. The first-order chi connectivity index (χ1) is 11.8. The third-order valence-corrected chi connectivity index (χ3v) is 4.22. The van der Waals surface area contributed by atoms with Crippen molar-refractivity contribution in [1.29, 1.82) is 0 Å². The topological polar surface area (TPSA) is 64.8 Å². The van der Waals surface area contributed by atoms with E-state index >= 15 is 0 Å². The van der Waals surface area contributed by atoms with Crippen LogP contribution in [0.3, 0.4) is 0 Å². The zero-order valence-electron chi connectivity index (χ0n) is 14.1. The lowest BCUT2D eigenvalue weighted by Crippen LogP contribution is -2.39. The second-order valence-corrected chi connectivity index (χ2v) is 6.01. The van der Waals surface area contributed by atoms with Crippen LogP contribution in [0.4, 0.5) is 13.2 Å². The molecule has 1 unspecified atom stereocenters. The number of ether oxygens (including phenoxy) is 2. The SMILES string of the molecule is COc1cc(CCC(=O)N2CCCC2CN)ccc1OCC(F)(F)F. The van der Waals surface area contributed by atoms with Crippen LogP contribution in [-0.2, 0) is 11.2 Å². The number of hydrogen-bond acceptors (Lipinski definition) is 4. The molecule has 0 aliphatic carbocycles. The van der Waals surface area contributed by atoms with Crippen molar-refractivity contribution in [1.82, 2.24) is 4.90 Å². The quantitative estimate of drug-likeness (QED) is 0.812. The fourth-order valence-corrected chi connectivity index (χ4v) is 2.95. The van der Waals surface area contributed by atoms with Gasteiger partial charge in [-0.15, -0.1) is 0 Å². The fourth-order valence-electron chi connectivity index (χ4n) is 2.95. The van der Waals surface area contributed by atoms with Crippen molar-refractivity contribution < 1.29 is 27.4 Å². The number of likely N-dealkylation sites (tertiary alicyclic amines) is 1. The van der Waals surface area contributed by atoms with Crippen molar-refractivity contribution in [2.75, 3.05) is 26.8 Å². The molecule has 0 spiro atoms. The van der Waals surface area contributed by atoms with Crippen molar-refractivity contribution in [3.63, 3.8) is 0 Å². The van der Waals surface area contributed by atoms with E-state index in [0.29, 0.717) is 19.4 Å². The monoisotopic (exact) mass is 360 g/mol. The molecular weight excluding hydrogens is 337 g/mol. The third kappa shape index (κ3) is 5.52. The van der Waals surface area contributed by atoms with Gasteiger partial charge in [0, 0.05) is 25.6 Å². The Morgan fingerprint density at radius 2 is 2.12 bits per heavy atom. The van der Waals surface area contributed by atoms with E-state index in [1.54, 1.807) is 12.1 Å². The number of nitrogens with zero attached hydrogens (tertiary/aromatic N) is 1. The lowest BCUT2D eigenvalue weighted by molar-refractivity contribution is -0.153. The summed E-state index contributed by atoms with van der Waals surface area (Å²) in [5.41, 5.74) is 6.48. The minimum absolute atomic E-state index is 0.0256. The summed E-state index contributed by atoms with van der Waals surface area (Å²) in [4.78, 5) is 14.1. The first-order valence-electron chi connectivity index (χ1n) is 8.20. The second-order valence-electron chi connectivity index (χ2n) is 6.01. The van der Waals surface area contributed by atoms with E-state index < -0.39 is 12.8 Å². The van der Waals surface area contributed by atoms with Crippen LogP contribution in [-0.4, -0.2) is 49.8 Å². The zero-order valence-corrected chi connectivity index (χ0v) is 14.1. The van der Waals surface area contributed by atoms with Crippen LogP contribution in [0.5, 0.6) is 11.5 Å². The molecule has 1 heterocycles. The molecule has 140 valence electrons. The molecule has 1 fully saturated rings. The number of hydrogen-bond donors (Lipinski definition) is 1. The number of aryl methyl sites for hydroxylation is 1. The molecule has 0 aromatic heterocycles. The number of amides is 1. The summed E-state index contributed by atoms with van der Waals surface area (Å²) in [7, 11) is 1.36. The number of carbonyl (C=O) groups excluding carboxylic acids is 1. The van der Waals surface area contributed by atoms with E-state index in [4.69, 9.17) is 15.2 Å². The van der Waals surface area contributed by atoms with E-state index in [-0.39, 0.29) is 23.4 Å². The summed E-state index contributed by atoms with van der Waals surface area (Å²) in [5.74, 6) is 0.289. The molecule has 5 nitrogen and oxygen atoms in total. The Balaban J connectivity index is 1.95. The molecule has 0 saturated carbocycles. The molecule has 1 saturated heterocycles. The molecule has 1 atom stereocenters. The van der Waals surface area contributed by atoms with Gasteiger partial charge in [0.05, 0.1) is 7.11 Å². The Labute approximate surface area is 144 Å². The molecule has 1 amide bonds. The average Bonchev–Trinajstić information content (AvgIpc) is 3.06. The van der Waals surface area contributed by atoms with Gasteiger partial charge < -0.3 is 20.1 Å². The molecular formula is C17H23F3N2O3. The fraction of sp³-hybridized carbons (Fsp3) is 0.588. The standard InChI is InChI=1S/C17H23F3N2O3/c1-24-15-9-12(4-6-14(15)25-11-17(18,19)20)5-7-16(23)22-8-2-3-13(22)10-21/h4,6,9,13H,2-3,5,7-8,10-11,21H2,1H3. The minimum atomic E-state index is -4.41. The Morgan fingerprint density at radius 3 is 2.76 bits per heavy atom. The largest absolute Gasteiger partial charge is 0.493 e. The number of halogens is 3. The summed E-state index contributed by atoms with van der Waals surface area (Å²) in [5, 5.41) is 0. The van der Waals surface area contributed by atoms with Crippen molar-refractivity contribution in [2.45, 2.75) is 37.9 Å². The van der Waals surface area contributed by atoms with Crippen molar-refractivity contribution in [2.24, 2.45) is 5.73 Å². The average molecular weight is 360 g/mol. The van der Waals surface area contributed by atoms with E-state index in [0.717, 1.165) is 24.9 Å². The van der Waals surface area contributed by atoms with Gasteiger partial charge in [-0.25, -0.2) is 0 Å². The van der Waals surface area contributed by atoms with E-state index in [2.05, 4.69) is 0 Å². The third-order valence-electron chi connectivity index (χ3n) is 4.22. The summed E-state index contributed by atoms with van der Waals surface area (Å²) >= 11 is 0. The number of nitrogens with two attached hydrogens (primary N) is 1. The maximum absolute atomic E-state index is 12.3. The molecule has 1 aliphatic heterocycles. The maximum atomic E-state index is 12.3. The van der Waals surface area contributed by atoms with Gasteiger partial charge in [0.2, 0.25) is 5.91 Å². The smallest absolute Gasteiger partial charge is 0.422 e. The first kappa shape index (κ1) is 19.4. The molecule has 0 radical (unpaired) electrons. The Kier molecular flexibility index (Phi) is 6.52. The highest BCUT2D eigenvalue weighted by Crippen LogP contribution is 2.30. The minimum Gasteiger partial charge on any atom is -0.493 e. The molecule has 8 heteroatoms. The van der Waals surface area contributed by atoms with Crippen molar-refractivity contribution >= 4 is 5.91 Å². The molecule has 1 aromatic carbocycles. The first-order valence-corrected chi connectivity index (χ1v) is 8.20. The summed E-state index contributed by atoms with van der Waals surface area (Å²) in [6, 6.07) is 4.79. The molecule has 2 N–H and O–H groups in total. The lowest BCUT2D eigenvalue weighted by atomic mass is 10.1. The van der Waals surface area contributed by atoms with Gasteiger partial charge >= 0.3 is 6.18 Å². The normalized spacial score (nSPS) is 17.6. The number of alkyl halides is 3. The molecule has 25 heavy (non-hydrogen) atoms. The van der Waals surface area contributed by atoms with Crippen LogP contribution in [0, 0.1) is 0 Å². The second kappa shape index (κ2) is 8.42. The van der Waals surface area contributed by atoms with Crippen LogP contribution in [0.1, 0.15) is 24.8 Å². The van der Waals surface area contributed by atoms with E-state index in [1.165, 1.54) is 13.2 Å². The van der Waals surface area contributed by atoms with Gasteiger partial charge in [-0.05, 0) is 37.0 Å². The Hall–Kier alpha value is -1.96. The highest BCUT2D eigenvalue weighted by molar-refractivity contribution is 5.77. The Bertz CT molecular complexity index is 593. The van der Waals surface area contributed by atoms with Crippen LogP contribution < -0.4 is 15.2 Å². The van der Waals surface area contributed by atoms with Crippen LogP contribution in [0.2, 0.25) is 0 Å². The predicted octanol–water partition coefficient (Wildman–Crippen LogP) is 2.52. The number of rotatable bonds is 7. The van der Waals surface area contributed by atoms with Gasteiger partial charge in [-0.3, -0.25) is 4.79 Å². The summed E-state index contributed by atoms with van der Waals surface area (Å²) < 4.78 is 46.6. The number of carbonyl (C=O) groups is 1. The van der Waals surface area contributed by atoms with Gasteiger partial charge in [-0.1, -0.05) is 6.07 Å². The summed E-state index contributed by atoms with van der Waals surface area (Å²) in [6.45, 7) is -0.185. The predicted molar refractivity (Wildman–Crippen MR) is 86.7 cm³/mol. The van der Waals surface area contributed by atoms with Crippen LogP contribution >= 0.6 is 0 Å². The van der Waals surface area contributed by atoms with Gasteiger partial charge in [-0.2, -0.15) is 13.2 Å². The molecule has 0 bridgehead atoms. The van der Waals surface area contributed by atoms with Gasteiger partial charge in [0.25, 0.3) is 0 Å². The van der Waals surface area contributed by atoms with Crippen molar-refractivity contribution in [3.8, 4) is 11.5 Å². The number of benzene rings is 1. The van der Waals surface area contributed by atoms with E-state index in [1.807, 2.05) is 4.90 Å². The highest BCUT2D eigenvalue weighted by atomic mass is 19.4. The highest BCUT2D eigenvalue weighted by Gasteiger charge is 2.29. The van der Waals surface area contributed by atoms with Crippen molar-refractivity contribution in [3.05, 3.63) is 23.8 Å². The van der Waals surface area contributed by atoms with Gasteiger partial charge in [0.1, 0.15) is 0 Å². The molecule has 1 aliphatic rings. The zero-order chi connectivity index (χ0) is 18.4. The van der Waals surface area contributed by atoms with Gasteiger partial charge in [0.15, 0.2) is 18.1 Å². The maximum Gasteiger partial charge on any atom is 0.422 e. The van der Waals surface area contributed by atoms with E-state index in [9.17, 15) is 18.0 Å². The molecule has 1 aromatic rings. The lowest BCUT2D eigenvalue weighted by Gasteiger charge is -2.23. The summed E-state index contributed by atoms with van der Waals surface area (Å²) in [6.07, 6.45) is -1.72. The molecule has 2 rings (SSSR count). The van der Waals surface area contributed by atoms with Crippen LogP contribution in [0.15, 0.2) is 18.2 Å².